The Labute approximate surface area is 130 Å². The normalized spacial score (nSPS) is 32.4. The van der Waals surface area contributed by atoms with E-state index >= 15 is 0 Å². The number of aliphatic imine (C=N–C) groups is 1. The monoisotopic (exact) mass is 294 g/mol. The quantitative estimate of drug-likeness (QED) is 0.619. The van der Waals surface area contributed by atoms with Crippen molar-refractivity contribution in [2.45, 2.75) is 76.3 Å². The molecule has 0 aromatic heterocycles. The lowest BCUT2D eigenvalue weighted by Gasteiger charge is -2.44. The molecular formula is C17H34N4. The van der Waals surface area contributed by atoms with E-state index in [0.29, 0.717) is 12.0 Å². The topological polar surface area (TPSA) is 53.6 Å². The summed E-state index contributed by atoms with van der Waals surface area (Å²) >= 11 is 0. The molecule has 0 heterocycles. The van der Waals surface area contributed by atoms with Crippen molar-refractivity contribution in [3.63, 3.8) is 0 Å². The van der Waals surface area contributed by atoms with E-state index in [1.807, 2.05) is 0 Å². The van der Waals surface area contributed by atoms with Gasteiger partial charge in [0.05, 0.1) is 6.54 Å². The van der Waals surface area contributed by atoms with E-state index < -0.39 is 0 Å². The molecule has 2 unspecified atom stereocenters. The molecule has 0 radical (unpaired) electrons. The predicted octanol–water partition coefficient (Wildman–Crippen LogP) is 2.73. The lowest BCUT2D eigenvalue weighted by molar-refractivity contribution is 0.0845. The van der Waals surface area contributed by atoms with Crippen LogP contribution >= 0.6 is 0 Å². The lowest BCUT2D eigenvalue weighted by atomic mass is 9.75. The maximum atomic E-state index is 6.14. The summed E-state index contributed by atoms with van der Waals surface area (Å²) in [4.78, 5) is 7.09. The minimum Gasteiger partial charge on any atom is -0.370 e. The molecule has 2 rings (SSSR count). The van der Waals surface area contributed by atoms with Gasteiger partial charge in [0.25, 0.3) is 0 Å². The molecule has 2 atom stereocenters. The zero-order valence-corrected chi connectivity index (χ0v) is 14.2. The largest absolute Gasteiger partial charge is 0.370 e. The van der Waals surface area contributed by atoms with Crippen LogP contribution in [0.15, 0.2) is 4.99 Å². The average molecular weight is 294 g/mol. The Morgan fingerprint density at radius 1 is 1.19 bits per heavy atom. The number of nitrogens with two attached hydrogens (primary N) is 1. The van der Waals surface area contributed by atoms with Crippen molar-refractivity contribution >= 4 is 5.96 Å². The summed E-state index contributed by atoms with van der Waals surface area (Å²) in [6.07, 6.45) is 11.6. The standard InChI is InChI=1S/C17H34N4/c1-14-8-7-11-17(12-14,21(2)3)13-19-16(18)20-15-9-5-4-6-10-15/h14-15H,4-13H2,1-3H3,(H3,18,19,20). The maximum Gasteiger partial charge on any atom is 0.188 e. The average Bonchev–Trinajstić information content (AvgIpc) is 2.46. The van der Waals surface area contributed by atoms with Gasteiger partial charge in [-0.3, -0.25) is 4.99 Å². The summed E-state index contributed by atoms with van der Waals surface area (Å²) in [5.74, 6) is 1.45. The highest BCUT2D eigenvalue weighted by Crippen LogP contribution is 2.35. The minimum absolute atomic E-state index is 0.205. The van der Waals surface area contributed by atoms with Crippen molar-refractivity contribution in [2.24, 2.45) is 16.6 Å². The van der Waals surface area contributed by atoms with Crippen molar-refractivity contribution in [3.8, 4) is 0 Å². The van der Waals surface area contributed by atoms with Crippen LogP contribution in [0.25, 0.3) is 0 Å². The second kappa shape index (κ2) is 7.48. The molecule has 0 spiro atoms. The fraction of sp³-hybridized carbons (Fsp3) is 0.941. The lowest BCUT2D eigenvalue weighted by Crippen LogP contribution is -2.51. The SMILES string of the molecule is CC1CCCC(CN=C(N)NC2CCCCC2)(N(C)C)C1. The van der Waals surface area contributed by atoms with Crippen LogP contribution in [0.1, 0.15) is 64.7 Å². The molecule has 4 nitrogen and oxygen atoms in total. The van der Waals surface area contributed by atoms with Crippen LogP contribution < -0.4 is 11.1 Å². The third-order valence-electron chi connectivity index (χ3n) is 5.52. The second-order valence-electron chi connectivity index (χ2n) is 7.50. The molecule has 2 aliphatic carbocycles. The highest BCUT2D eigenvalue weighted by atomic mass is 15.2. The van der Waals surface area contributed by atoms with Crippen molar-refractivity contribution in [1.82, 2.24) is 10.2 Å². The molecule has 2 saturated carbocycles. The Kier molecular flexibility index (Phi) is 5.91. The molecule has 2 fully saturated rings. The summed E-state index contributed by atoms with van der Waals surface area (Å²) in [6.45, 7) is 3.20. The number of hydrogen-bond donors (Lipinski definition) is 2. The molecule has 2 aliphatic rings. The van der Waals surface area contributed by atoms with Crippen LogP contribution in [0.5, 0.6) is 0 Å². The zero-order chi connectivity index (χ0) is 15.3. The number of nitrogens with zero attached hydrogens (tertiary/aromatic N) is 2. The van der Waals surface area contributed by atoms with Crippen molar-refractivity contribution < 1.29 is 0 Å². The molecule has 0 bridgehead atoms. The first-order valence-corrected chi connectivity index (χ1v) is 8.76. The second-order valence-corrected chi connectivity index (χ2v) is 7.50. The number of rotatable bonds is 4. The Balaban J connectivity index is 1.91. The molecule has 3 N–H and O–H groups in total. The smallest absolute Gasteiger partial charge is 0.188 e. The molecule has 4 heteroatoms. The third-order valence-corrected chi connectivity index (χ3v) is 5.52. The van der Waals surface area contributed by atoms with Gasteiger partial charge in [-0.1, -0.05) is 39.0 Å². The summed E-state index contributed by atoms with van der Waals surface area (Å²) in [5, 5.41) is 3.44. The van der Waals surface area contributed by atoms with Gasteiger partial charge in [0.2, 0.25) is 0 Å². The van der Waals surface area contributed by atoms with E-state index in [-0.39, 0.29) is 5.54 Å². The highest BCUT2D eigenvalue weighted by molar-refractivity contribution is 5.78. The molecular weight excluding hydrogens is 260 g/mol. The van der Waals surface area contributed by atoms with Crippen LogP contribution in [-0.4, -0.2) is 43.1 Å². The van der Waals surface area contributed by atoms with Crippen molar-refractivity contribution in [3.05, 3.63) is 0 Å². The van der Waals surface area contributed by atoms with Gasteiger partial charge in [0.15, 0.2) is 5.96 Å². The van der Waals surface area contributed by atoms with Gasteiger partial charge in [-0.05, 0) is 45.7 Å². The minimum atomic E-state index is 0.205. The summed E-state index contributed by atoms with van der Waals surface area (Å²) in [5.41, 5.74) is 6.34. The molecule has 0 amide bonds. The number of hydrogen-bond acceptors (Lipinski definition) is 2. The first-order chi connectivity index (χ1) is 10.0. The van der Waals surface area contributed by atoms with Gasteiger partial charge in [-0.25, -0.2) is 0 Å². The van der Waals surface area contributed by atoms with Crippen LogP contribution in [0.3, 0.4) is 0 Å². The van der Waals surface area contributed by atoms with Crippen LogP contribution in [0.2, 0.25) is 0 Å². The first-order valence-electron chi connectivity index (χ1n) is 8.76. The zero-order valence-electron chi connectivity index (χ0n) is 14.2. The third kappa shape index (κ3) is 4.60. The summed E-state index contributed by atoms with van der Waals surface area (Å²) < 4.78 is 0. The molecule has 0 aliphatic heterocycles. The predicted molar refractivity (Wildman–Crippen MR) is 90.5 cm³/mol. The van der Waals surface area contributed by atoms with Gasteiger partial charge < -0.3 is 16.0 Å². The Hall–Kier alpha value is -0.770. The molecule has 0 saturated heterocycles. The first kappa shape index (κ1) is 16.6. The van der Waals surface area contributed by atoms with E-state index in [2.05, 4.69) is 31.2 Å². The Morgan fingerprint density at radius 3 is 2.52 bits per heavy atom. The Morgan fingerprint density at radius 2 is 1.90 bits per heavy atom. The number of nitrogens with one attached hydrogen (secondary N) is 1. The molecule has 122 valence electrons. The van der Waals surface area contributed by atoms with Gasteiger partial charge in [-0.2, -0.15) is 0 Å². The Bertz CT molecular complexity index is 347. The van der Waals surface area contributed by atoms with Gasteiger partial charge in [0, 0.05) is 11.6 Å². The fourth-order valence-electron chi connectivity index (χ4n) is 4.06. The molecule has 0 aromatic rings. The van der Waals surface area contributed by atoms with Gasteiger partial charge in [0.1, 0.15) is 0 Å². The van der Waals surface area contributed by atoms with Crippen LogP contribution in [-0.2, 0) is 0 Å². The van der Waals surface area contributed by atoms with E-state index in [9.17, 15) is 0 Å². The van der Waals surface area contributed by atoms with Crippen LogP contribution in [0.4, 0.5) is 0 Å². The molecule has 0 aromatic carbocycles. The van der Waals surface area contributed by atoms with Gasteiger partial charge in [-0.15, -0.1) is 0 Å². The molecule has 21 heavy (non-hydrogen) atoms. The fourth-order valence-corrected chi connectivity index (χ4v) is 4.06. The highest BCUT2D eigenvalue weighted by Gasteiger charge is 2.36. The number of guanidine groups is 1. The van der Waals surface area contributed by atoms with E-state index in [4.69, 9.17) is 10.7 Å². The van der Waals surface area contributed by atoms with Gasteiger partial charge >= 0.3 is 0 Å². The summed E-state index contributed by atoms with van der Waals surface area (Å²) in [6, 6.07) is 0.545. The van der Waals surface area contributed by atoms with E-state index in [0.717, 1.165) is 12.5 Å². The van der Waals surface area contributed by atoms with Crippen molar-refractivity contribution in [1.29, 1.82) is 0 Å². The van der Waals surface area contributed by atoms with Crippen LogP contribution in [0, 0.1) is 5.92 Å². The summed E-state index contributed by atoms with van der Waals surface area (Å²) in [7, 11) is 4.39. The van der Waals surface area contributed by atoms with E-state index in [1.165, 1.54) is 57.8 Å². The van der Waals surface area contributed by atoms with Crippen molar-refractivity contribution in [2.75, 3.05) is 20.6 Å². The number of likely N-dealkylation sites (N-methyl/N-ethyl adjacent to an activating group) is 1. The maximum absolute atomic E-state index is 6.14. The van der Waals surface area contributed by atoms with E-state index in [1.54, 1.807) is 0 Å².